The molecule has 9 heteroatoms. The van der Waals surface area contributed by atoms with Crippen molar-refractivity contribution in [3.05, 3.63) is 0 Å². The van der Waals surface area contributed by atoms with Crippen LogP contribution in [0, 0.1) is 5.92 Å². The third-order valence-electron chi connectivity index (χ3n) is 1.79. The van der Waals surface area contributed by atoms with Crippen LogP contribution in [0.2, 0.25) is 0 Å². The first-order chi connectivity index (χ1) is 6.71. The molecule has 2 unspecified atom stereocenters. The van der Waals surface area contributed by atoms with Gasteiger partial charge in [0.1, 0.15) is 0 Å². The number of carbonyl (C=O) groups is 2. The summed E-state index contributed by atoms with van der Waals surface area (Å²) in [6.45, 7) is -0.166. The molecule has 88 valence electrons. The zero-order valence-corrected chi connectivity index (χ0v) is 8.50. The predicted molar refractivity (Wildman–Crippen MR) is 48.3 cm³/mol. The fraction of sp³-hybridized carbons (Fsp3) is 0.667. The highest BCUT2D eigenvalue weighted by Gasteiger charge is 2.45. The quantitative estimate of drug-likeness (QED) is 0.357. The van der Waals surface area contributed by atoms with Gasteiger partial charge >= 0.3 is 19.5 Å². The Balaban J connectivity index is 5.11. The molecule has 0 rings (SSSR count). The van der Waals surface area contributed by atoms with E-state index in [0.29, 0.717) is 0 Å². The van der Waals surface area contributed by atoms with Crippen molar-refractivity contribution in [2.75, 3.05) is 6.54 Å². The lowest BCUT2D eigenvalue weighted by Crippen LogP contribution is -2.36. The third kappa shape index (κ3) is 3.96. The Morgan fingerprint density at radius 3 is 1.87 bits per heavy atom. The van der Waals surface area contributed by atoms with Crippen molar-refractivity contribution in [3.8, 4) is 0 Å². The summed E-state index contributed by atoms with van der Waals surface area (Å²) in [6.07, 6.45) is -0.308. The van der Waals surface area contributed by atoms with Crippen molar-refractivity contribution < 1.29 is 34.2 Å². The number of carboxylic acid groups (broad SMARTS) is 2. The molecule has 6 N–H and O–H groups in total. The number of nitrogens with two attached hydrogens (primary N) is 1. The van der Waals surface area contributed by atoms with Crippen LogP contribution in [0.3, 0.4) is 0 Å². The van der Waals surface area contributed by atoms with Crippen LogP contribution in [-0.2, 0) is 14.2 Å². The van der Waals surface area contributed by atoms with E-state index in [1.165, 1.54) is 0 Å². The van der Waals surface area contributed by atoms with Gasteiger partial charge < -0.3 is 25.7 Å². The minimum absolute atomic E-state index is 0.166. The summed E-state index contributed by atoms with van der Waals surface area (Å²) in [4.78, 5) is 38.6. The monoisotopic (exact) mass is 241 g/mol. The smallest absolute Gasteiger partial charge is 0.340 e. The van der Waals surface area contributed by atoms with Crippen LogP contribution in [0.15, 0.2) is 0 Å². The maximum absolute atomic E-state index is 10.8. The summed E-state index contributed by atoms with van der Waals surface area (Å²) in [5, 5.41) is 17.2. The van der Waals surface area contributed by atoms with Crippen molar-refractivity contribution >= 4 is 19.5 Å². The van der Waals surface area contributed by atoms with E-state index in [1.807, 2.05) is 0 Å². The zero-order valence-electron chi connectivity index (χ0n) is 7.61. The van der Waals surface area contributed by atoms with Crippen LogP contribution in [0.25, 0.3) is 0 Å². The Hall–Kier alpha value is -0.950. The average Bonchev–Trinajstić information content (AvgIpc) is 1.99. The fourth-order valence-corrected chi connectivity index (χ4v) is 2.18. The molecule has 0 aromatic carbocycles. The maximum Gasteiger partial charge on any atom is 0.340 e. The molecule has 2 atom stereocenters. The molecule has 0 bridgehead atoms. The van der Waals surface area contributed by atoms with Crippen molar-refractivity contribution in [1.82, 2.24) is 0 Å². The van der Waals surface area contributed by atoms with E-state index >= 15 is 0 Å². The minimum atomic E-state index is -5.01. The Bertz CT molecular complexity index is 298. The molecule has 0 spiro atoms. The van der Waals surface area contributed by atoms with Crippen LogP contribution >= 0.6 is 7.60 Å². The minimum Gasteiger partial charge on any atom is -0.481 e. The lowest BCUT2D eigenvalue weighted by molar-refractivity contribution is -0.148. The van der Waals surface area contributed by atoms with Crippen LogP contribution in [-0.4, -0.2) is 44.1 Å². The van der Waals surface area contributed by atoms with Gasteiger partial charge in [0, 0.05) is 0 Å². The molecule has 0 fully saturated rings. The second kappa shape index (κ2) is 5.22. The SMILES string of the molecule is NCCC(C(=O)O)C(C(=O)O)P(=O)(O)O. The molecule has 0 amide bonds. The molecule has 15 heavy (non-hydrogen) atoms. The largest absolute Gasteiger partial charge is 0.481 e. The van der Waals surface area contributed by atoms with Crippen molar-refractivity contribution in [1.29, 1.82) is 0 Å². The first-order valence-electron chi connectivity index (χ1n) is 3.92. The Kier molecular flexibility index (Phi) is 4.89. The molecule has 0 aromatic rings. The van der Waals surface area contributed by atoms with E-state index in [-0.39, 0.29) is 13.0 Å². The van der Waals surface area contributed by atoms with Gasteiger partial charge in [-0.3, -0.25) is 14.2 Å². The Morgan fingerprint density at radius 1 is 1.20 bits per heavy atom. The third-order valence-corrected chi connectivity index (χ3v) is 3.10. The van der Waals surface area contributed by atoms with E-state index in [9.17, 15) is 14.2 Å². The number of hydrogen-bond acceptors (Lipinski definition) is 4. The number of rotatable bonds is 6. The second-order valence-corrected chi connectivity index (χ2v) is 4.63. The van der Waals surface area contributed by atoms with Gasteiger partial charge in [-0.25, -0.2) is 0 Å². The summed E-state index contributed by atoms with van der Waals surface area (Å²) in [7, 11) is -5.01. The molecule has 0 heterocycles. The molecule has 0 aliphatic carbocycles. The zero-order chi connectivity index (χ0) is 12.2. The van der Waals surface area contributed by atoms with Crippen LogP contribution in [0.5, 0.6) is 0 Å². The first kappa shape index (κ1) is 14.1. The molecular weight excluding hydrogens is 229 g/mol. The molecule has 8 nitrogen and oxygen atoms in total. The van der Waals surface area contributed by atoms with E-state index in [0.717, 1.165) is 0 Å². The number of carboxylic acids is 2. The van der Waals surface area contributed by atoms with Gasteiger partial charge in [-0.2, -0.15) is 0 Å². The van der Waals surface area contributed by atoms with Crippen molar-refractivity contribution in [3.63, 3.8) is 0 Å². The number of hydrogen-bond donors (Lipinski definition) is 5. The topological polar surface area (TPSA) is 158 Å². The summed E-state index contributed by atoms with van der Waals surface area (Å²) in [5.41, 5.74) is 2.79. The maximum atomic E-state index is 10.8. The molecule has 0 radical (unpaired) electrons. The summed E-state index contributed by atoms with van der Waals surface area (Å²) in [5.74, 6) is -5.12. The van der Waals surface area contributed by atoms with Gasteiger partial charge in [-0.05, 0) is 13.0 Å². The molecular formula is C6H12NO7P. The van der Waals surface area contributed by atoms with Crippen molar-refractivity contribution in [2.45, 2.75) is 12.1 Å². The van der Waals surface area contributed by atoms with Crippen LogP contribution in [0.4, 0.5) is 0 Å². The highest BCUT2D eigenvalue weighted by atomic mass is 31.2. The summed E-state index contributed by atoms with van der Waals surface area (Å²) < 4.78 is 10.8. The molecule has 0 saturated heterocycles. The van der Waals surface area contributed by atoms with Gasteiger partial charge in [0.25, 0.3) is 0 Å². The molecule has 0 saturated carbocycles. The van der Waals surface area contributed by atoms with Crippen LogP contribution in [0.1, 0.15) is 6.42 Å². The van der Waals surface area contributed by atoms with Gasteiger partial charge in [0.05, 0.1) is 5.92 Å². The standard InChI is InChI=1S/C6H12NO7P/c7-2-1-3(5(8)9)4(6(10)11)15(12,13)14/h3-4H,1-2,7H2,(H,8,9)(H,10,11)(H2,12,13,14). The lowest BCUT2D eigenvalue weighted by atomic mass is 10.0. The molecule has 0 aliphatic rings. The highest BCUT2D eigenvalue weighted by molar-refractivity contribution is 7.53. The Labute approximate surface area is 84.9 Å². The fourth-order valence-electron chi connectivity index (χ4n) is 1.15. The second-order valence-electron chi connectivity index (χ2n) is 2.89. The molecule has 0 aliphatic heterocycles. The average molecular weight is 241 g/mol. The highest BCUT2D eigenvalue weighted by Crippen LogP contribution is 2.45. The van der Waals surface area contributed by atoms with Crippen LogP contribution < -0.4 is 5.73 Å². The summed E-state index contributed by atoms with van der Waals surface area (Å²) in [6, 6.07) is 0. The van der Waals surface area contributed by atoms with E-state index in [1.54, 1.807) is 0 Å². The number of aliphatic carboxylic acids is 2. The molecule has 0 aromatic heterocycles. The summed E-state index contributed by atoms with van der Waals surface area (Å²) >= 11 is 0. The predicted octanol–water partition coefficient (Wildman–Crippen LogP) is -1.33. The van der Waals surface area contributed by atoms with Gasteiger partial charge in [-0.15, -0.1) is 0 Å². The lowest BCUT2D eigenvalue weighted by Gasteiger charge is -2.20. The van der Waals surface area contributed by atoms with Gasteiger partial charge in [0.15, 0.2) is 5.66 Å². The first-order valence-corrected chi connectivity index (χ1v) is 5.60. The van der Waals surface area contributed by atoms with Crippen molar-refractivity contribution in [2.24, 2.45) is 11.7 Å². The normalized spacial score (nSPS) is 15.7. The van der Waals surface area contributed by atoms with E-state index in [2.05, 4.69) is 0 Å². The van der Waals surface area contributed by atoms with Gasteiger partial charge in [-0.1, -0.05) is 0 Å². The Morgan fingerprint density at radius 2 is 1.67 bits per heavy atom. The van der Waals surface area contributed by atoms with E-state index in [4.69, 9.17) is 25.7 Å². The van der Waals surface area contributed by atoms with E-state index < -0.39 is 31.1 Å². The van der Waals surface area contributed by atoms with Gasteiger partial charge in [0.2, 0.25) is 0 Å².